The van der Waals surface area contributed by atoms with Crippen molar-refractivity contribution in [2.24, 2.45) is 0 Å². The Morgan fingerprint density at radius 3 is 2.59 bits per heavy atom. The molecule has 1 aromatic carbocycles. The highest BCUT2D eigenvalue weighted by Crippen LogP contribution is 2.31. The Hall–Kier alpha value is -1.83. The van der Waals surface area contributed by atoms with Gasteiger partial charge in [0.15, 0.2) is 0 Å². The number of ether oxygens (including phenoxy) is 1. The Kier molecular flexibility index (Phi) is 7.47. The molecule has 1 heterocycles. The van der Waals surface area contributed by atoms with Crippen molar-refractivity contribution in [1.29, 1.82) is 0 Å². The van der Waals surface area contributed by atoms with Gasteiger partial charge in [-0.15, -0.1) is 0 Å². The minimum absolute atomic E-state index is 0.0381. The number of carboxylic acid groups (broad SMARTS) is 1. The quantitative estimate of drug-likeness (QED) is 0.735. The molecule has 8 heteroatoms. The van der Waals surface area contributed by atoms with Crippen LogP contribution in [0.3, 0.4) is 0 Å². The van der Waals surface area contributed by atoms with Gasteiger partial charge in [-0.05, 0) is 45.4 Å². The fraction of sp³-hybridized carbons (Fsp3) is 0.579. The van der Waals surface area contributed by atoms with E-state index < -0.39 is 5.97 Å². The molecule has 0 radical (unpaired) electrons. The van der Waals surface area contributed by atoms with E-state index in [0.29, 0.717) is 16.5 Å². The summed E-state index contributed by atoms with van der Waals surface area (Å²) in [6.45, 7) is 5.29. The molecule has 2 rings (SSSR count). The summed E-state index contributed by atoms with van der Waals surface area (Å²) in [6, 6.07) is 3.43. The van der Waals surface area contributed by atoms with Crippen molar-refractivity contribution in [3.8, 4) is 5.75 Å². The number of carbonyl (C=O) groups excluding carboxylic acids is 1. The number of likely N-dealkylation sites (tertiary alicyclic amines) is 1. The molecular weight excluding hydrogens is 370 g/mol. The first kappa shape index (κ1) is 21.5. The minimum atomic E-state index is -0.820. The molecule has 0 aliphatic carbocycles. The Morgan fingerprint density at radius 1 is 1.41 bits per heavy atom. The third-order valence-corrected chi connectivity index (χ3v) is 5.58. The number of nitrogens with zero attached hydrogens (tertiary/aromatic N) is 2. The van der Waals surface area contributed by atoms with Crippen LogP contribution in [-0.2, 0) is 9.59 Å². The highest BCUT2D eigenvalue weighted by Gasteiger charge is 2.29. The Morgan fingerprint density at radius 2 is 2.04 bits per heavy atom. The lowest BCUT2D eigenvalue weighted by molar-refractivity contribution is -0.138. The lowest BCUT2D eigenvalue weighted by Gasteiger charge is -2.38. The van der Waals surface area contributed by atoms with Gasteiger partial charge in [0.2, 0.25) is 5.91 Å². The maximum atomic E-state index is 12.7. The van der Waals surface area contributed by atoms with Gasteiger partial charge in [-0.2, -0.15) is 0 Å². The van der Waals surface area contributed by atoms with Crippen LogP contribution in [0.15, 0.2) is 12.1 Å². The topological polar surface area (TPSA) is 82.1 Å². The van der Waals surface area contributed by atoms with E-state index in [4.69, 9.17) is 21.4 Å². The number of methoxy groups -OCH3 is 1. The third-order valence-electron chi connectivity index (χ3n) is 5.17. The maximum Gasteiger partial charge on any atom is 0.317 e. The molecule has 1 aliphatic heterocycles. The number of aliphatic carboxylic acids is 1. The Labute approximate surface area is 165 Å². The molecule has 1 fully saturated rings. The Balaban J connectivity index is 1.95. The number of nitrogens with one attached hydrogen (secondary N) is 1. The van der Waals surface area contributed by atoms with Crippen molar-refractivity contribution in [3.05, 3.63) is 22.7 Å². The van der Waals surface area contributed by atoms with Crippen LogP contribution < -0.4 is 10.1 Å². The lowest BCUT2D eigenvalue weighted by atomic mass is 10.0. The van der Waals surface area contributed by atoms with Crippen LogP contribution in [0.5, 0.6) is 5.75 Å². The van der Waals surface area contributed by atoms with Crippen LogP contribution in [0.25, 0.3) is 0 Å². The number of carbonyl (C=O) groups is 2. The number of piperidine rings is 1. The molecule has 0 aromatic heterocycles. The standard InChI is InChI=1S/C19H28ClN3O4/c1-12-9-16(17(27-4)10-15(12)20)21-19(26)13(2)23-7-5-14(6-8-23)22(3)11-18(24)25/h9-10,13-14H,5-8,11H2,1-4H3,(H,21,26)(H,24,25). The van der Waals surface area contributed by atoms with Gasteiger partial charge in [0.1, 0.15) is 5.75 Å². The first-order valence-corrected chi connectivity index (χ1v) is 9.41. The van der Waals surface area contributed by atoms with Gasteiger partial charge in [0.25, 0.3) is 0 Å². The minimum Gasteiger partial charge on any atom is -0.495 e. The number of likely N-dealkylation sites (N-methyl/N-ethyl adjacent to an activating group) is 1. The SMILES string of the molecule is COc1cc(Cl)c(C)cc1NC(=O)C(C)N1CCC(N(C)CC(=O)O)CC1. The number of hydrogen-bond donors (Lipinski definition) is 2. The van der Waals surface area contributed by atoms with Crippen molar-refractivity contribution in [2.75, 3.05) is 39.1 Å². The van der Waals surface area contributed by atoms with Crippen LogP contribution in [0, 0.1) is 6.92 Å². The normalized spacial score (nSPS) is 17.0. The summed E-state index contributed by atoms with van der Waals surface area (Å²) >= 11 is 6.11. The zero-order valence-corrected chi connectivity index (χ0v) is 17.0. The number of rotatable bonds is 7. The monoisotopic (exact) mass is 397 g/mol. The summed E-state index contributed by atoms with van der Waals surface area (Å²) in [5, 5.41) is 12.4. The maximum absolute atomic E-state index is 12.7. The smallest absolute Gasteiger partial charge is 0.317 e. The van der Waals surface area contributed by atoms with E-state index in [-0.39, 0.29) is 24.5 Å². The van der Waals surface area contributed by atoms with Crippen molar-refractivity contribution in [1.82, 2.24) is 9.80 Å². The average molecular weight is 398 g/mol. The predicted molar refractivity (Wildman–Crippen MR) is 106 cm³/mol. The zero-order valence-electron chi connectivity index (χ0n) is 16.3. The molecule has 1 saturated heterocycles. The number of carboxylic acids is 1. The van der Waals surface area contributed by atoms with Crippen LogP contribution in [0.2, 0.25) is 5.02 Å². The highest BCUT2D eigenvalue weighted by atomic mass is 35.5. The van der Waals surface area contributed by atoms with Crippen molar-refractivity contribution >= 4 is 29.2 Å². The lowest BCUT2D eigenvalue weighted by Crippen LogP contribution is -2.50. The van der Waals surface area contributed by atoms with E-state index in [1.807, 2.05) is 25.8 Å². The van der Waals surface area contributed by atoms with E-state index in [0.717, 1.165) is 31.5 Å². The van der Waals surface area contributed by atoms with Crippen molar-refractivity contribution < 1.29 is 19.4 Å². The molecule has 7 nitrogen and oxygen atoms in total. The van der Waals surface area contributed by atoms with E-state index >= 15 is 0 Å². The number of aryl methyl sites for hydroxylation is 1. The summed E-state index contributed by atoms with van der Waals surface area (Å²) in [5.74, 6) is -0.396. The number of anilines is 1. The van der Waals surface area contributed by atoms with Gasteiger partial charge in [-0.25, -0.2) is 0 Å². The van der Waals surface area contributed by atoms with Crippen LogP contribution in [-0.4, -0.2) is 72.7 Å². The van der Waals surface area contributed by atoms with Gasteiger partial charge in [0, 0.05) is 30.2 Å². The predicted octanol–water partition coefficient (Wildman–Crippen LogP) is 2.46. The van der Waals surface area contributed by atoms with Crippen LogP contribution in [0.4, 0.5) is 5.69 Å². The van der Waals surface area contributed by atoms with E-state index in [1.165, 1.54) is 0 Å². The molecule has 150 valence electrons. The van der Waals surface area contributed by atoms with Gasteiger partial charge >= 0.3 is 5.97 Å². The average Bonchev–Trinajstić information content (AvgIpc) is 2.63. The molecule has 1 aliphatic rings. The summed E-state index contributed by atoms with van der Waals surface area (Å²) in [7, 11) is 3.37. The summed E-state index contributed by atoms with van der Waals surface area (Å²) in [4.78, 5) is 27.6. The molecule has 1 amide bonds. The number of hydrogen-bond acceptors (Lipinski definition) is 5. The zero-order chi connectivity index (χ0) is 20.1. The summed E-state index contributed by atoms with van der Waals surface area (Å²) in [6.07, 6.45) is 1.68. The van der Waals surface area contributed by atoms with Crippen molar-refractivity contribution in [3.63, 3.8) is 0 Å². The van der Waals surface area contributed by atoms with E-state index in [1.54, 1.807) is 19.2 Å². The van der Waals surface area contributed by atoms with Gasteiger partial charge in [0.05, 0.1) is 25.4 Å². The van der Waals surface area contributed by atoms with Gasteiger partial charge in [-0.3, -0.25) is 19.4 Å². The second-order valence-corrected chi connectivity index (χ2v) is 7.45. The summed E-state index contributed by atoms with van der Waals surface area (Å²) in [5.41, 5.74) is 1.47. The third kappa shape index (κ3) is 5.57. The highest BCUT2D eigenvalue weighted by molar-refractivity contribution is 6.31. The summed E-state index contributed by atoms with van der Waals surface area (Å²) < 4.78 is 5.31. The van der Waals surface area contributed by atoms with Crippen molar-refractivity contribution in [2.45, 2.75) is 38.8 Å². The van der Waals surface area contributed by atoms with E-state index in [9.17, 15) is 9.59 Å². The first-order valence-electron chi connectivity index (χ1n) is 9.04. The number of amides is 1. The largest absolute Gasteiger partial charge is 0.495 e. The number of benzene rings is 1. The Bertz CT molecular complexity index is 690. The van der Waals surface area contributed by atoms with Gasteiger partial charge < -0.3 is 15.2 Å². The molecule has 0 bridgehead atoms. The second-order valence-electron chi connectivity index (χ2n) is 7.04. The molecular formula is C19H28ClN3O4. The fourth-order valence-corrected chi connectivity index (χ4v) is 3.54. The molecule has 1 atom stereocenters. The van der Waals surface area contributed by atoms with Gasteiger partial charge in [-0.1, -0.05) is 11.6 Å². The molecule has 27 heavy (non-hydrogen) atoms. The molecule has 2 N–H and O–H groups in total. The molecule has 1 unspecified atom stereocenters. The van der Waals surface area contributed by atoms with Crippen LogP contribution >= 0.6 is 11.6 Å². The van der Waals surface area contributed by atoms with Crippen LogP contribution in [0.1, 0.15) is 25.3 Å². The second kappa shape index (κ2) is 9.39. The first-order chi connectivity index (χ1) is 12.7. The fourth-order valence-electron chi connectivity index (χ4n) is 3.39. The molecule has 0 saturated carbocycles. The van der Waals surface area contributed by atoms with E-state index in [2.05, 4.69) is 10.2 Å². The molecule has 1 aromatic rings. The molecule has 0 spiro atoms. The number of halogens is 1.